The Kier molecular flexibility index (Phi) is 7.06. The van der Waals surface area contributed by atoms with Crippen molar-refractivity contribution in [2.75, 3.05) is 26.2 Å². The predicted octanol–water partition coefficient (Wildman–Crippen LogP) is 2.29. The average Bonchev–Trinajstić information content (AvgIpc) is 3.03. The Bertz CT molecular complexity index is 666. The molecule has 1 fully saturated rings. The molecule has 1 saturated heterocycles. The molecular weight excluding hydrogens is 365 g/mol. The van der Waals surface area contributed by atoms with Crippen LogP contribution in [0.1, 0.15) is 18.9 Å². The summed E-state index contributed by atoms with van der Waals surface area (Å²) in [4.78, 5) is 24.3. The average molecular weight is 388 g/mol. The monoisotopic (exact) mass is 388 g/mol. The largest absolute Gasteiger partial charge is 0.494 e. The van der Waals surface area contributed by atoms with E-state index in [0.717, 1.165) is 12.0 Å². The predicted molar refractivity (Wildman–Crippen MR) is 91.2 cm³/mol. The molecule has 0 unspecified atom stereocenters. The molecule has 9 heteroatoms. The Hall–Kier alpha value is -2.29. The molecule has 0 radical (unpaired) electrons. The molecule has 0 aliphatic carbocycles. The lowest BCUT2D eigenvalue weighted by molar-refractivity contribution is -0.188. The summed E-state index contributed by atoms with van der Waals surface area (Å²) < 4.78 is 44.4. The lowest BCUT2D eigenvalue weighted by atomic mass is 9.96. The lowest BCUT2D eigenvalue weighted by Gasteiger charge is -2.18. The van der Waals surface area contributed by atoms with E-state index < -0.39 is 36.4 Å². The molecule has 1 aromatic carbocycles. The van der Waals surface area contributed by atoms with Crippen molar-refractivity contribution >= 4 is 11.9 Å². The van der Waals surface area contributed by atoms with Crippen LogP contribution < -0.4 is 10.1 Å². The standard InChI is InChI=1S/C18H23F3N2O4/c1-2-6-27-13-5-3-4-12(7-13)8-22-16(24)11-23-9-14(17(25)26)15(10-23)18(19,20)21/h3-5,7,14-15H,2,6,8-11H2,1H3,(H,22,24)(H,25,26)/t14-,15-/m1/s1. The fourth-order valence-electron chi connectivity index (χ4n) is 3.02. The summed E-state index contributed by atoms with van der Waals surface area (Å²) in [6, 6.07) is 7.17. The number of aliphatic carboxylic acids is 1. The van der Waals surface area contributed by atoms with Gasteiger partial charge in [0.05, 0.1) is 25.0 Å². The normalized spacial score (nSPS) is 20.4. The first kappa shape index (κ1) is 21.0. The van der Waals surface area contributed by atoms with Crippen molar-refractivity contribution in [2.24, 2.45) is 11.8 Å². The van der Waals surface area contributed by atoms with E-state index in [-0.39, 0.29) is 19.6 Å². The summed E-state index contributed by atoms with van der Waals surface area (Å²) in [5.74, 6) is -4.79. The van der Waals surface area contributed by atoms with E-state index in [0.29, 0.717) is 12.4 Å². The third-order valence-corrected chi connectivity index (χ3v) is 4.36. The number of amides is 1. The first-order chi connectivity index (χ1) is 12.7. The fourth-order valence-corrected chi connectivity index (χ4v) is 3.02. The van der Waals surface area contributed by atoms with Crippen molar-refractivity contribution in [3.8, 4) is 5.75 Å². The van der Waals surface area contributed by atoms with E-state index in [2.05, 4.69) is 5.32 Å². The van der Waals surface area contributed by atoms with Crippen LogP contribution in [0.25, 0.3) is 0 Å². The van der Waals surface area contributed by atoms with Gasteiger partial charge in [-0.3, -0.25) is 14.5 Å². The third kappa shape index (κ3) is 6.13. The molecule has 6 nitrogen and oxygen atoms in total. The number of carboxylic acid groups (broad SMARTS) is 1. The van der Waals surface area contributed by atoms with Crippen LogP contribution in [0.15, 0.2) is 24.3 Å². The molecule has 1 aliphatic rings. The topological polar surface area (TPSA) is 78.9 Å². The number of hydrogen-bond donors (Lipinski definition) is 2. The Morgan fingerprint density at radius 1 is 1.33 bits per heavy atom. The number of halogens is 3. The highest BCUT2D eigenvalue weighted by Crippen LogP contribution is 2.37. The van der Waals surface area contributed by atoms with Gasteiger partial charge in [0.25, 0.3) is 0 Å². The maximum Gasteiger partial charge on any atom is 0.393 e. The molecule has 0 spiro atoms. The zero-order chi connectivity index (χ0) is 20.0. The first-order valence-electron chi connectivity index (χ1n) is 8.71. The second-order valence-corrected chi connectivity index (χ2v) is 6.56. The number of ether oxygens (including phenoxy) is 1. The van der Waals surface area contributed by atoms with Crippen molar-refractivity contribution < 1.29 is 32.6 Å². The number of nitrogens with one attached hydrogen (secondary N) is 1. The maximum atomic E-state index is 13.0. The summed E-state index contributed by atoms with van der Waals surface area (Å²) in [5.41, 5.74) is 0.801. The number of hydrogen-bond acceptors (Lipinski definition) is 4. The van der Waals surface area contributed by atoms with E-state index in [1.54, 1.807) is 24.3 Å². The second kappa shape index (κ2) is 9.07. The summed E-state index contributed by atoms with van der Waals surface area (Å²) in [7, 11) is 0. The van der Waals surface area contributed by atoms with Gasteiger partial charge in [0.1, 0.15) is 5.75 Å². The number of carboxylic acids is 1. The van der Waals surface area contributed by atoms with Gasteiger partial charge in [0.15, 0.2) is 0 Å². The van der Waals surface area contributed by atoms with Crippen LogP contribution in [0.4, 0.5) is 13.2 Å². The number of likely N-dealkylation sites (tertiary alicyclic amines) is 1. The van der Waals surface area contributed by atoms with Gasteiger partial charge < -0.3 is 15.2 Å². The second-order valence-electron chi connectivity index (χ2n) is 6.56. The number of benzene rings is 1. The van der Waals surface area contributed by atoms with Gasteiger partial charge in [0.2, 0.25) is 5.91 Å². The molecule has 2 rings (SSSR count). The van der Waals surface area contributed by atoms with Gasteiger partial charge in [-0.25, -0.2) is 0 Å². The van der Waals surface area contributed by atoms with E-state index in [9.17, 15) is 22.8 Å². The molecule has 1 heterocycles. The number of carbonyl (C=O) groups excluding carboxylic acids is 1. The van der Waals surface area contributed by atoms with Crippen molar-refractivity contribution in [3.63, 3.8) is 0 Å². The molecule has 150 valence electrons. The molecule has 1 amide bonds. The molecule has 0 saturated carbocycles. The van der Waals surface area contributed by atoms with Crippen molar-refractivity contribution in [2.45, 2.75) is 26.1 Å². The highest BCUT2D eigenvalue weighted by atomic mass is 19.4. The number of alkyl halides is 3. The van der Waals surface area contributed by atoms with Crippen LogP contribution in [-0.4, -0.2) is 54.3 Å². The molecule has 1 aromatic rings. The molecular formula is C18H23F3N2O4. The quantitative estimate of drug-likeness (QED) is 0.715. The molecule has 0 aromatic heterocycles. The van der Waals surface area contributed by atoms with Gasteiger partial charge in [-0.2, -0.15) is 13.2 Å². The molecule has 27 heavy (non-hydrogen) atoms. The number of rotatable bonds is 8. The van der Waals surface area contributed by atoms with Crippen LogP contribution in [0.3, 0.4) is 0 Å². The number of carbonyl (C=O) groups is 2. The third-order valence-electron chi connectivity index (χ3n) is 4.36. The Morgan fingerprint density at radius 2 is 2.07 bits per heavy atom. The Labute approximate surface area is 155 Å². The molecule has 1 aliphatic heterocycles. The van der Waals surface area contributed by atoms with Crippen LogP contribution in [0, 0.1) is 11.8 Å². The molecule has 0 bridgehead atoms. The molecule has 2 atom stereocenters. The SMILES string of the molecule is CCCOc1cccc(CNC(=O)CN2C[C@@H](C(F)(F)F)[C@H](C(=O)O)C2)c1. The van der Waals surface area contributed by atoms with Crippen LogP contribution in [0.2, 0.25) is 0 Å². The smallest absolute Gasteiger partial charge is 0.393 e. The minimum Gasteiger partial charge on any atom is -0.494 e. The number of nitrogens with zero attached hydrogens (tertiary/aromatic N) is 1. The van der Waals surface area contributed by atoms with Gasteiger partial charge in [-0.15, -0.1) is 0 Å². The lowest BCUT2D eigenvalue weighted by Crippen LogP contribution is -2.36. The maximum absolute atomic E-state index is 13.0. The highest BCUT2D eigenvalue weighted by Gasteiger charge is 2.52. The van der Waals surface area contributed by atoms with Crippen LogP contribution in [0.5, 0.6) is 5.75 Å². The van der Waals surface area contributed by atoms with Gasteiger partial charge in [-0.1, -0.05) is 19.1 Å². The van der Waals surface area contributed by atoms with Gasteiger partial charge in [0, 0.05) is 19.6 Å². The van der Waals surface area contributed by atoms with Crippen molar-refractivity contribution in [1.82, 2.24) is 10.2 Å². The van der Waals surface area contributed by atoms with Gasteiger partial charge in [-0.05, 0) is 24.1 Å². The summed E-state index contributed by atoms with van der Waals surface area (Å²) in [6.45, 7) is 1.71. The van der Waals surface area contributed by atoms with Crippen molar-refractivity contribution in [1.29, 1.82) is 0 Å². The first-order valence-corrected chi connectivity index (χ1v) is 8.71. The van der Waals surface area contributed by atoms with E-state index >= 15 is 0 Å². The van der Waals surface area contributed by atoms with E-state index in [1.807, 2.05) is 6.92 Å². The van der Waals surface area contributed by atoms with Gasteiger partial charge >= 0.3 is 12.1 Å². The Morgan fingerprint density at radius 3 is 2.67 bits per heavy atom. The zero-order valence-electron chi connectivity index (χ0n) is 15.0. The minimum absolute atomic E-state index is 0.209. The van der Waals surface area contributed by atoms with E-state index in [1.165, 1.54) is 4.90 Å². The van der Waals surface area contributed by atoms with Crippen LogP contribution >= 0.6 is 0 Å². The van der Waals surface area contributed by atoms with Crippen molar-refractivity contribution in [3.05, 3.63) is 29.8 Å². The highest BCUT2D eigenvalue weighted by molar-refractivity contribution is 5.78. The van der Waals surface area contributed by atoms with Crippen LogP contribution in [-0.2, 0) is 16.1 Å². The summed E-state index contributed by atoms with van der Waals surface area (Å²) in [5, 5.41) is 11.6. The fraction of sp³-hybridized carbons (Fsp3) is 0.556. The minimum atomic E-state index is -4.60. The molecule has 2 N–H and O–H groups in total. The summed E-state index contributed by atoms with van der Waals surface area (Å²) >= 11 is 0. The van der Waals surface area contributed by atoms with E-state index in [4.69, 9.17) is 9.84 Å². The summed E-state index contributed by atoms with van der Waals surface area (Å²) in [6.07, 6.45) is -3.74. The Balaban J connectivity index is 1.86. The zero-order valence-corrected chi connectivity index (χ0v) is 15.0.